The van der Waals surface area contributed by atoms with Gasteiger partial charge in [0.05, 0.1) is 42.9 Å². The number of hydrogen-bond donors (Lipinski definition) is 3. The first kappa shape index (κ1) is 23.9. The number of rotatable bonds is 7. The number of fused-ring (bicyclic) bond motifs is 2. The Kier molecular flexibility index (Phi) is 6.11. The molecule has 4 aromatic heterocycles. The van der Waals surface area contributed by atoms with Gasteiger partial charge in [-0.2, -0.15) is 9.97 Å². The van der Waals surface area contributed by atoms with E-state index < -0.39 is 25.2 Å². The molecular formula is C24H28F3N9O. The molecule has 10 nitrogen and oxygen atoms in total. The maximum atomic E-state index is 15.0. The van der Waals surface area contributed by atoms with Crippen LogP contribution in [0.1, 0.15) is 12.2 Å². The van der Waals surface area contributed by atoms with Gasteiger partial charge in [0.25, 0.3) is 6.43 Å². The second-order valence-electron chi connectivity index (χ2n) is 9.51. The van der Waals surface area contributed by atoms with Gasteiger partial charge in [0, 0.05) is 31.9 Å². The quantitative estimate of drug-likeness (QED) is 0.344. The van der Waals surface area contributed by atoms with E-state index in [4.69, 9.17) is 4.74 Å². The number of aromatic amines is 1. The summed E-state index contributed by atoms with van der Waals surface area (Å²) in [6, 6.07) is 3.48. The molecule has 0 bridgehead atoms. The number of piperidine rings is 1. The molecule has 2 aliphatic rings. The minimum absolute atomic E-state index is 0.311. The first-order valence-corrected chi connectivity index (χ1v) is 12.3. The minimum atomic E-state index is -2.52. The molecule has 4 aromatic rings. The van der Waals surface area contributed by atoms with Crippen LogP contribution in [0.3, 0.4) is 0 Å². The van der Waals surface area contributed by atoms with Crippen molar-refractivity contribution in [3.63, 3.8) is 0 Å². The highest BCUT2D eigenvalue weighted by Gasteiger charge is 2.35. The van der Waals surface area contributed by atoms with Gasteiger partial charge in [-0.15, -0.1) is 0 Å². The monoisotopic (exact) mass is 515 g/mol. The highest BCUT2D eigenvalue weighted by atomic mass is 19.3. The van der Waals surface area contributed by atoms with Crippen LogP contribution >= 0.6 is 0 Å². The molecule has 6 heterocycles. The van der Waals surface area contributed by atoms with Crippen molar-refractivity contribution in [3.05, 3.63) is 24.2 Å². The number of aryl methyl sites for hydroxylation is 1. The highest BCUT2D eigenvalue weighted by molar-refractivity contribution is 6.01. The van der Waals surface area contributed by atoms with E-state index in [1.54, 1.807) is 32.3 Å². The van der Waals surface area contributed by atoms with Crippen molar-refractivity contribution in [1.29, 1.82) is 0 Å². The SMILES string of the molecule is CNc1nc(N[C@H]2CCN(C3COC3)C[C@H]2F)nc2[nH]cc(-c3ccc4nc(C)n(CC(F)F)c4n3)c12. The first-order chi connectivity index (χ1) is 17.9. The van der Waals surface area contributed by atoms with Crippen molar-refractivity contribution in [2.75, 3.05) is 44.0 Å². The number of aromatic nitrogens is 6. The van der Waals surface area contributed by atoms with Gasteiger partial charge in [-0.25, -0.2) is 23.1 Å². The number of hydrogen-bond acceptors (Lipinski definition) is 8. The Morgan fingerprint density at radius 3 is 2.73 bits per heavy atom. The topological polar surface area (TPSA) is 109 Å². The lowest BCUT2D eigenvalue weighted by Gasteiger charge is -2.42. The third kappa shape index (κ3) is 4.35. The van der Waals surface area contributed by atoms with Crippen LogP contribution in [0.5, 0.6) is 0 Å². The van der Waals surface area contributed by atoms with Crippen molar-refractivity contribution in [2.45, 2.75) is 44.6 Å². The summed E-state index contributed by atoms with van der Waals surface area (Å²) < 4.78 is 47.9. The van der Waals surface area contributed by atoms with Gasteiger partial charge in [-0.05, 0) is 25.5 Å². The lowest BCUT2D eigenvalue weighted by molar-refractivity contribution is -0.0794. The van der Waals surface area contributed by atoms with E-state index in [1.807, 2.05) is 0 Å². The number of pyridine rings is 1. The number of halogens is 3. The predicted molar refractivity (Wildman–Crippen MR) is 134 cm³/mol. The van der Waals surface area contributed by atoms with Gasteiger partial charge in [-0.1, -0.05) is 0 Å². The Morgan fingerprint density at radius 1 is 1.19 bits per heavy atom. The Bertz CT molecular complexity index is 1430. The zero-order valence-electron chi connectivity index (χ0n) is 20.5. The van der Waals surface area contributed by atoms with Crippen LogP contribution in [0, 0.1) is 6.92 Å². The lowest BCUT2D eigenvalue weighted by atomic mass is 10.0. The number of alkyl halides is 3. The summed E-state index contributed by atoms with van der Waals surface area (Å²) in [5.74, 6) is 1.35. The molecule has 0 aliphatic carbocycles. The Balaban J connectivity index is 1.30. The largest absolute Gasteiger partial charge is 0.378 e. The molecule has 0 radical (unpaired) electrons. The van der Waals surface area contributed by atoms with E-state index in [2.05, 4.69) is 40.5 Å². The van der Waals surface area contributed by atoms with Crippen molar-refractivity contribution in [1.82, 2.24) is 34.4 Å². The molecule has 196 valence electrons. The molecule has 6 rings (SSSR count). The first-order valence-electron chi connectivity index (χ1n) is 12.3. The number of imidazole rings is 1. The summed E-state index contributed by atoms with van der Waals surface area (Å²) in [5, 5.41) is 6.98. The van der Waals surface area contributed by atoms with Gasteiger partial charge >= 0.3 is 0 Å². The van der Waals surface area contributed by atoms with E-state index in [-0.39, 0.29) is 0 Å². The number of nitrogens with one attached hydrogen (secondary N) is 3. The molecule has 2 aliphatic heterocycles. The lowest BCUT2D eigenvalue weighted by Crippen LogP contribution is -2.57. The van der Waals surface area contributed by atoms with Crippen LogP contribution < -0.4 is 10.6 Å². The van der Waals surface area contributed by atoms with E-state index in [1.165, 1.54) is 4.57 Å². The van der Waals surface area contributed by atoms with Crippen molar-refractivity contribution >= 4 is 34.0 Å². The molecule has 13 heteroatoms. The molecule has 0 unspecified atom stereocenters. The van der Waals surface area contributed by atoms with Gasteiger partial charge in [0.15, 0.2) is 5.65 Å². The fourth-order valence-corrected chi connectivity index (χ4v) is 5.12. The van der Waals surface area contributed by atoms with Crippen LogP contribution in [0.15, 0.2) is 18.3 Å². The van der Waals surface area contributed by atoms with E-state index >= 15 is 0 Å². The second kappa shape index (κ2) is 9.45. The van der Waals surface area contributed by atoms with Crippen LogP contribution in [0.2, 0.25) is 0 Å². The Hall–Kier alpha value is -3.45. The zero-order chi connectivity index (χ0) is 25.7. The molecule has 0 amide bonds. The molecule has 0 saturated carbocycles. The summed E-state index contributed by atoms with van der Waals surface area (Å²) in [7, 11) is 1.75. The average Bonchev–Trinajstić information content (AvgIpc) is 3.39. The Labute approximate surface area is 210 Å². The van der Waals surface area contributed by atoms with E-state index in [0.717, 1.165) is 12.1 Å². The summed E-state index contributed by atoms with van der Waals surface area (Å²) >= 11 is 0. The molecule has 0 spiro atoms. The van der Waals surface area contributed by atoms with Crippen molar-refractivity contribution < 1.29 is 17.9 Å². The van der Waals surface area contributed by atoms with Crippen LogP contribution in [-0.2, 0) is 11.3 Å². The standard InChI is InChI=1S/C24H28F3N9O/c1-12-30-18-4-3-16(31-23(18)36(12)9-19(26)27)14-7-29-22-20(14)21(28-2)33-24(34-22)32-17-5-6-35(8-15(17)25)13-10-37-11-13/h3-4,7,13,15,17,19H,5-6,8-11H2,1-2H3,(H3,28,29,32,33,34)/t15-,17+/m1/s1. The molecule has 2 saturated heterocycles. The van der Waals surface area contributed by atoms with Gasteiger partial charge < -0.3 is 24.9 Å². The molecule has 37 heavy (non-hydrogen) atoms. The minimum Gasteiger partial charge on any atom is -0.378 e. The predicted octanol–water partition coefficient (Wildman–Crippen LogP) is 3.21. The number of ether oxygens (including phenoxy) is 1. The van der Waals surface area contributed by atoms with Crippen molar-refractivity contribution in [2.24, 2.45) is 0 Å². The second-order valence-corrected chi connectivity index (χ2v) is 9.51. The van der Waals surface area contributed by atoms with Crippen LogP contribution in [-0.4, -0.2) is 92.4 Å². The summed E-state index contributed by atoms with van der Waals surface area (Å²) in [5.41, 5.74) is 2.79. The molecular weight excluding hydrogens is 487 g/mol. The number of anilines is 2. The number of likely N-dealkylation sites (tertiary alicyclic amines) is 1. The van der Waals surface area contributed by atoms with Gasteiger partial charge in [0.2, 0.25) is 5.95 Å². The van der Waals surface area contributed by atoms with Crippen LogP contribution in [0.25, 0.3) is 33.5 Å². The normalized spacial score (nSPS) is 21.1. The maximum absolute atomic E-state index is 15.0. The van der Waals surface area contributed by atoms with E-state index in [0.29, 0.717) is 77.7 Å². The summed E-state index contributed by atoms with van der Waals surface area (Å²) in [4.78, 5) is 23.5. The molecule has 2 atom stereocenters. The number of H-pyrrole nitrogens is 1. The fourth-order valence-electron chi connectivity index (χ4n) is 5.12. The van der Waals surface area contributed by atoms with Gasteiger partial charge in [0.1, 0.15) is 29.0 Å². The zero-order valence-corrected chi connectivity index (χ0v) is 20.5. The molecule has 3 N–H and O–H groups in total. The third-order valence-corrected chi connectivity index (χ3v) is 7.17. The van der Waals surface area contributed by atoms with E-state index in [9.17, 15) is 13.2 Å². The average molecular weight is 516 g/mol. The Morgan fingerprint density at radius 2 is 2.03 bits per heavy atom. The summed E-state index contributed by atoms with van der Waals surface area (Å²) in [6.07, 6.45) is -1.17. The van der Waals surface area contributed by atoms with Gasteiger partial charge in [-0.3, -0.25) is 4.90 Å². The smallest absolute Gasteiger partial charge is 0.256 e. The maximum Gasteiger partial charge on any atom is 0.256 e. The fraction of sp³-hybridized carbons (Fsp3) is 0.500. The van der Waals surface area contributed by atoms with Crippen LogP contribution in [0.4, 0.5) is 24.9 Å². The molecule has 0 aromatic carbocycles. The number of nitrogens with zero attached hydrogens (tertiary/aromatic N) is 6. The summed E-state index contributed by atoms with van der Waals surface area (Å²) in [6.45, 7) is 3.69. The third-order valence-electron chi connectivity index (χ3n) is 7.17. The molecule has 2 fully saturated rings. The van der Waals surface area contributed by atoms with Crippen molar-refractivity contribution in [3.8, 4) is 11.3 Å². The highest BCUT2D eigenvalue weighted by Crippen LogP contribution is 2.33.